The van der Waals surface area contributed by atoms with Gasteiger partial charge in [-0.15, -0.1) is 6.58 Å². The van der Waals surface area contributed by atoms with E-state index in [0.717, 1.165) is 6.42 Å². The smallest absolute Gasteiger partial charge is 0.333 e. The molecule has 0 N–H and O–H groups in total. The van der Waals surface area contributed by atoms with Crippen molar-refractivity contribution in [1.29, 1.82) is 0 Å². The van der Waals surface area contributed by atoms with Gasteiger partial charge in [-0.2, -0.15) is 0 Å². The molecule has 2 nitrogen and oxygen atoms in total. The molecule has 0 aliphatic heterocycles. The van der Waals surface area contributed by atoms with Crippen molar-refractivity contribution in [3.63, 3.8) is 0 Å². The van der Waals surface area contributed by atoms with E-state index in [9.17, 15) is 4.79 Å². The van der Waals surface area contributed by atoms with E-state index in [0.29, 0.717) is 29.9 Å². The normalized spacial score (nSPS) is 28.2. The molecular formula is C15H22O2. The summed E-state index contributed by atoms with van der Waals surface area (Å²) in [5.74, 6) is 1.61. The van der Waals surface area contributed by atoms with E-state index in [-0.39, 0.29) is 5.97 Å². The summed E-state index contributed by atoms with van der Waals surface area (Å²) in [6.07, 6.45) is 8.51. The molecular weight excluding hydrogens is 212 g/mol. The van der Waals surface area contributed by atoms with Gasteiger partial charge in [0.25, 0.3) is 0 Å². The molecule has 2 heteroatoms. The van der Waals surface area contributed by atoms with Gasteiger partial charge in [0.05, 0.1) is 0 Å². The minimum Gasteiger partial charge on any atom is -0.458 e. The summed E-state index contributed by atoms with van der Waals surface area (Å²) in [6, 6.07) is 0. The van der Waals surface area contributed by atoms with Crippen LogP contribution in [0.3, 0.4) is 0 Å². The zero-order valence-electron chi connectivity index (χ0n) is 10.8. The molecule has 94 valence electrons. The zero-order chi connectivity index (χ0) is 12.8. The number of hydrogen-bond acceptors (Lipinski definition) is 2. The van der Waals surface area contributed by atoms with Crippen LogP contribution in [0.15, 0.2) is 37.0 Å². The lowest BCUT2D eigenvalue weighted by atomic mass is 9.99. The number of allylic oxidation sites excluding steroid dienone is 2. The molecule has 0 bridgehead atoms. The van der Waals surface area contributed by atoms with Crippen LogP contribution in [0.4, 0.5) is 0 Å². The Labute approximate surface area is 104 Å². The van der Waals surface area contributed by atoms with Gasteiger partial charge in [0.2, 0.25) is 0 Å². The first-order valence-corrected chi connectivity index (χ1v) is 6.16. The standard InChI is InChI=1S/C15H22O2/c1-5-14-10-13(9-12(14)4)7-6-8-17-15(16)11(2)3/h5-7,12-14H,1-2,8-10H2,3-4H3/b7-6+. The summed E-state index contributed by atoms with van der Waals surface area (Å²) in [6.45, 7) is 11.7. The lowest BCUT2D eigenvalue weighted by Crippen LogP contribution is -2.04. The van der Waals surface area contributed by atoms with Crippen LogP contribution in [-0.2, 0) is 9.53 Å². The largest absolute Gasteiger partial charge is 0.458 e. The van der Waals surface area contributed by atoms with E-state index < -0.39 is 0 Å². The van der Waals surface area contributed by atoms with Crippen LogP contribution in [0.2, 0.25) is 0 Å². The minimum atomic E-state index is -0.321. The van der Waals surface area contributed by atoms with Gasteiger partial charge in [-0.05, 0) is 37.5 Å². The van der Waals surface area contributed by atoms with E-state index in [1.54, 1.807) is 6.92 Å². The third-order valence-corrected chi connectivity index (χ3v) is 3.35. The minimum absolute atomic E-state index is 0.321. The number of esters is 1. The number of ether oxygens (including phenoxy) is 1. The molecule has 0 heterocycles. The molecule has 0 aromatic rings. The molecule has 1 saturated carbocycles. The lowest BCUT2D eigenvalue weighted by Gasteiger charge is -2.06. The molecule has 3 atom stereocenters. The van der Waals surface area contributed by atoms with E-state index in [1.165, 1.54) is 6.42 Å². The molecule has 0 aromatic heterocycles. The van der Waals surface area contributed by atoms with Crippen molar-refractivity contribution in [3.8, 4) is 0 Å². The Morgan fingerprint density at radius 1 is 1.47 bits per heavy atom. The molecule has 0 aromatic carbocycles. The quantitative estimate of drug-likeness (QED) is 0.413. The highest BCUT2D eigenvalue weighted by Crippen LogP contribution is 2.37. The van der Waals surface area contributed by atoms with Gasteiger partial charge in [-0.25, -0.2) is 4.79 Å². The first-order valence-electron chi connectivity index (χ1n) is 6.16. The van der Waals surface area contributed by atoms with Crippen LogP contribution < -0.4 is 0 Å². The maximum atomic E-state index is 11.1. The fourth-order valence-corrected chi connectivity index (χ4v) is 2.31. The molecule has 3 unspecified atom stereocenters. The number of rotatable bonds is 5. The monoisotopic (exact) mass is 234 g/mol. The summed E-state index contributed by atoms with van der Waals surface area (Å²) in [7, 11) is 0. The fraction of sp³-hybridized carbons (Fsp3) is 0.533. The Hall–Kier alpha value is -1.31. The van der Waals surface area contributed by atoms with Crippen LogP contribution >= 0.6 is 0 Å². The highest BCUT2D eigenvalue weighted by Gasteiger charge is 2.27. The van der Waals surface area contributed by atoms with E-state index in [1.807, 2.05) is 6.08 Å². The summed E-state index contributed by atoms with van der Waals surface area (Å²) in [5.41, 5.74) is 0.444. The van der Waals surface area contributed by atoms with Crippen LogP contribution in [-0.4, -0.2) is 12.6 Å². The Kier molecular flexibility index (Phi) is 5.20. The molecule has 1 aliphatic carbocycles. The molecule has 0 saturated heterocycles. The third kappa shape index (κ3) is 4.22. The van der Waals surface area contributed by atoms with Crippen molar-refractivity contribution in [2.24, 2.45) is 17.8 Å². The number of carbonyl (C=O) groups excluding carboxylic acids is 1. The van der Waals surface area contributed by atoms with Crippen molar-refractivity contribution >= 4 is 5.97 Å². The van der Waals surface area contributed by atoms with Gasteiger partial charge >= 0.3 is 5.97 Å². The van der Waals surface area contributed by atoms with Crippen LogP contribution in [0.25, 0.3) is 0 Å². The van der Waals surface area contributed by atoms with Crippen molar-refractivity contribution in [2.45, 2.75) is 26.7 Å². The zero-order valence-corrected chi connectivity index (χ0v) is 10.8. The summed E-state index contributed by atoms with van der Waals surface area (Å²) in [5, 5.41) is 0. The summed E-state index contributed by atoms with van der Waals surface area (Å²) in [4.78, 5) is 11.1. The van der Waals surface area contributed by atoms with Crippen LogP contribution in [0.1, 0.15) is 26.7 Å². The Morgan fingerprint density at radius 2 is 2.18 bits per heavy atom. The second-order valence-electron chi connectivity index (χ2n) is 4.92. The van der Waals surface area contributed by atoms with Crippen molar-refractivity contribution in [3.05, 3.63) is 37.0 Å². The first-order chi connectivity index (χ1) is 8.04. The Balaban J connectivity index is 2.29. The van der Waals surface area contributed by atoms with E-state index in [2.05, 4.69) is 32.2 Å². The predicted molar refractivity (Wildman–Crippen MR) is 70.5 cm³/mol. The van der Waals surface area contributed by atoms with Crippen molar-refractivity contribution < 1.29 is 9.53 Å². The van der Waals surface area contributed by atoms with Gasteiger partial charge in [0.15, 0.2) is 0 Å². The van der Waals surface area contributed by atoms with Crippen LogP contribution in [0.5, 0.6) is 0 Å². The molecule has 1 aliphatic rings. The second-order valence-corrected chi connectivity index (χ2v) is 4.92. The SMILES string of the molecule is C=CC1CC(/C=C/COC(=O)C(=C)C)CC1C. The fourth-order valence-electron chi connectivity index (χ4n) is 2.31. The topological polar surface area (TPSA) is 26.3 Å². The van der Waals surface area contributed by atoms with Gasteiger partial charge < -0.3 is 4.74 Å². The molecule has 17 heavy (non-hydrogen) atoms. The second kappa shape index (κ2) is 6.43. The maximum absolute atomic E-state index is 11.1. The van der Waals surface area contributed by atoms with E-state index in [4.69, 9.17) is 4.74 Å². The number of hydrogen-bond donors (Lipinski definition) is 0. The molecule has 0 spiro atoms. The molecule has 1 fully saturated rings. The Bertz CT molecular complexity index is 328. The third-order valence-electron chi connectivity index (χ3n) is 3.35. The maximum Gasteiger partial charge on any atom is 0.333 e. The highest BCUT2D eigenvalue weighted by atomic mass is 16.5. The van der Waals surface area contributed by atoms with Gasteiger partial charge in [-0.1, -0.05) is 31.7 Å². The number of carbonyl (C=O) groups is 1. The van der Waals surface area contributed by atoms with Gasteiger partial charge in [0.1, 0.15) is 6.61 Å². The molecule has 0 radical (unpaired) electrons. The van der Waals surface area contributed by atoms with E-state index >= 15 is 0 Å². The van der Waals surface area contributed by atoms with Crippen molar-refractivity contribution in [1.82, 2.24) is 0 Å². The lowest BCUT2D eigenvalue weighted by molar-refractivity contribution is -0.137. The van der Waals surface area contributed by atoms with Crippen molar-refractivity contribution in [2.75, 3.05) is 6.61 Å². The predicted octanol–water partition coefficient (Wildman–Crippen LogP) is 3.51. The molecule has 1 rings (SSSR count). The van der Waals surface area contributed by atoms with Gasteiger partial charge in [-0.3, -0.25) is 0 Å². The first kappa shape index (κ1) is 13.8. The Morgan fingerprint density at radius 3 is 2.71 bits per heavy atom. The van der Waals surface area contributed by atoms with Crippen LogP contribution in [0, 0.1) is 17.8 Å². The summed E-state index contributed by atoms with van der Waals surface area (Å²) >= 11 is 0. The highest BCUT2D eigenvalue weighted by molar-refractivity contribution is 5.86. The van der Waals surface area contributed by atoms with Gasteiger partial charge in [0, 0.05) is 5.57 Å². The molecule has 0 amide bonds. The summed E-state index contributed by atoms with van der Waals surface area (Å²) < 4.78 is 5.00. The average molecular weight is 234 g/mol. The average Bonchev–Trinajstić information content (AvgIpc) is 2.64.